The molecule has 0 saturated heterocycles. The first kappa shape index (κ1) is 33.8. The Morgan fingerprint density at radius 1 is 0.367 bits per heavy atom. The van der Waals surface area contributed by atoms with Crippen molar-refractivity contribution >= 4 is 86.2 Å². The van der Waals surface area contributed by atoms with Crippen LogP contribution in [0.2, 0.25) is 0 Å². The molecular weight excluding hydrogens is 743 g/mol. The van der Waals surface area contributed by atoms with Gasteiger partial charge in [-0.3, -0.25) is 0 Å². The molecule has 0 spiro atoms. The average molecular weight is 780 g/mol. The minimum absolute atomic E-state index is 0.240. The number of rotatable bonds is 3. The Kier molecular flexibility index (Phi) is 7.01. The fraction of sp³-hybridized carbons (Fsp3) is 0.0517. The van der Waals surface area contributed by atoms with Crippen molar-refractivity contribution in [3.63, 3.8) is 0 Å². The molecule has 280 valence electrons. The van der Waals surface area contributed by atoms with Crippen molar-refractivity contribution in [3.8, 4) is 44.0 Å². The number of fused-ring (bicyclic) bond motifs is 12. The van der Waals surface area contributed by atoms with E-state index in [9.17, 15) is 0 Å². The van der Waals surface area contributed by atoms with Gasteiger partial charge >= 0.3 is 0 Å². The van der Waals surface area contributed by atoms with Gasteiger partial charge in [0.15, 0.2) is 0 Å². The summed E-state index contributed by atoms with van der Waals surface area (Å²) in [6, 6.07) is 70.4. The SMILES string of the molecule is CC1(C)c2cc(-c3nc4ccccc4s3)ccc2-c2cc3c(-c4cc5ccccc5c5ccccc45)c4ccccc4c(-c4cc5ccccc5c5ccccc45)c3cc21. The fourth-order valence-corrected chi connectivity index (χ4v) is 11.6. The molecule has 1 aromatic heterocycles. The van der Waals surface area contributed by atoms with E-state index in [0.29, 0.717) is 0 Å². The van der Waals surface area contributed by atoms with Crippen LogP contribution in [0.4, 0.5) is 0 Å². The Labute approximate surface area is 351 Å². The summed E-state index contributed by atoms with van der Waals surface area (Å²) in [5, 5.41) is 16.3. The fourth-order valence-electron chi connectivity index (χ4n) is 10.6. The van der Waals surface area contributed by atoms with Crippen LogP contribution in [0.25, 0.3) is 119 Å². The van der Waals surface area contributed by atoms with Crippen molar-refractivity contribution in [1.29, 1.82) is 0 Å². The summed E-state index contributed by atoms with van der Waals surface area (Å²) < 4.78 is 1.22. The Bertz CT molecular complexity index is 3780. The van der Waals surface area contributed by atoms with Crippen molar-refractivity contribution < 1.29 is 0 Å². The zero-order valence-electron chi connectivity index (χ0n) is 33.3. The maximum Gasteiger partial charge on any atom is 0.124 e. The predicted molar refractivity (Wildman–Crippen MR) is 259 cm³/mol. The van der Waals surface area contributed by atoms with Crippen molar-refractivity contribution in [2.45, 2.75) is 19.3 Å². The summed E-state index contributed by atoms with van der Waals surface area (Å²) >= 11 is 1.77. The summed E-state index contributed by atoms with van der Waals surface area (Å²) in [6.07, 6.45) is 0. The van der Waals surface area contributed by atoms with Gasteiger partial charge in [0.2, 0.25) is 0 Å². The first-order chi connectivity index (χ1) is 29.5. The van der Waals surface area contributed by atoms with Gasteiger partial charge in [0.1, 0.15) is 5.01 Å². The molecule has 0 unspecified atom stereocenters. The lowest BCUT2D eigenvalue weighted by atomic mass is 9.78. The van der Waals surface area contributed by atoms with Gasteiger partial charge in [0.05, 0.1) is 10.2 Å². The van der Waals surface area contributed by atoms with Crippen LogP contribution in [0.5, 0.6) is 0 Å². The zero-order valence-corrected chi connectivity index (χ0v) is 34.1. The lowest BCUT2D eigenvalue weighted by Gasteiger charge is -2.25. The normalized spacial score (nSPS) is 13.3. The van der Waals surface area contributed by atoms with E-state index in [1.165, 1.54) is 119 Å². The number of benzene rings is 11. The summed E-state index contributed by atoms with van der Waals surface area (Å²) in [4.78, 5) is 5.08. The van der Waals surface area contributed by atoms with E-state index in [1.54, 1.807) is 11.3 Å². The topological polar surface area (TPSA) is 12.9 Å². The maximum atomic E-state index is 5.08. The highest BCUT2D eigenvalue weighted by Crippen LogP contribution is 2.55. The second kappa shape index (κ2) is 12.4. The Morgan fingerprint density at radius 2 is 0.850 bits per heavy atom. The van der Waals surface area contributed by atoms with Crippen molar-refractivity contribution in [2.75, 3.05) is 0 Å². The third-order valence-corrected chi connectivity index (χ3v) is 14.5. The molecule has 12 aromatic rings. The van der Waals surface area contributed by atoms with Crippen LogP contribution in [0.15, 0.2) is 188 Å². The lowest BCUT2D eigenvalue weighted by Crippen LogP contribution is -2.15. The summed E-state index contributed by atoms with van der Waals surface area (Å²) in [5.74, 6) is 0. The van der Waals surface area contributed by atoms with Crippen LogP contribution >= 0.6 is 11.3 Å². The number of para-hydroxylation sites is 1. The molecule has 13 rings (SSSR count). The van der Waals surface area contributed by atoms with Crippen molar-refractivity contribution in [3.05, 3.63) is 199 Å². The van der Waals surface area contributed by atoms with Crippen LogP contribution in [0, 0.1) is 0 Å². The number of nitrogens with zero attached hydrogens (tertiary/aromatic N) is 1. The predicted octanol–water partition coefficient (Wildman–Crippen LogP) is 16.5. The van der Waals surface area contributed by atoms with E-state index in [2.05, 4.69) is 202 Å². The van der Waals surface area contributed by atoms with Crippen LogP contribution < -0.4 is 0 Å². The number of hydrogen-bond acceptors (Lipinski definition) is 2. The second-order valence-corrected chi connectivity index (χ2v) is 18.0. The van der Waals surface area contributed by atoms with Crippen LogP contribution in [-0.4, -0.2) is 4.98 Å². The molecule has 60 heavy (non-hydrogen) atoms. The third kappa shape index (κ3) is 4.71. The van der Waals surface area contributed by atoms with E-state index in [-0.39, 0.29) is 5.41 Å². The first-order valence-corrected chi connectivity index (χ1v) is 21.7. The molecule has 0 bridgehead atoms. The van der Waals surface area contributed by atoms with E-state index in [4.69, 9.17) is 4.98 Å². The smallest absolute Gasteiger partial charge is 0.124 e. The largest absolute Gasteiger partial charge is 0.236 e. The van der Waals surface area contributed by atoms with Gasteiger partial charge in [0, 0.05) is 11.0 Å². The summed E-state index contributed by atoms with van der Waals surface area (Å²) in [7, 11) is 0. The van der Waals surface area contributed by atoms with Gasteiger partial charge in [0.25, 0.3) is 0 Å². The van der Waals surface area contributed by atoms with Crippen molar-refractivity contribution in [2.24, 2.45) is 0 Å². The van der Waals surface area contributed by atoms with Crippen LogP contribution in [-0.2, 0) is 5.41 Å². The molecule has 0 radical (unpaired) electrons. The molecule has 1 heterocycles. The quantitative estimate of drug-likeness (QED) is 0.129. The number of thiazole rings is 1. The first-order valence-electron chi connectivity index (χ1n) is 20.9. The molecule has 11 aromatic carbocycles. The Hall–Kier alpha value is -7.13. The second-order valence-electron chi connectivity index (χ2n) is 17.0. The van der Waals surface area contributed by atoms with Crippen molar-refractivity contribution in [1.82, 2.24) is 4.98 Å². The molecule has 0 saturated carbocycles. The molecule has 0 N–H and O–H groups in total. The van der Waals surface area contributed by atoms with E-state index >= 15 is 0 Å². The highest BCUT2D eigenvalue weighted by atomic mass is 32.1. The third-order valence-electron chi connectivity index (χ3n) is 13.4. The summed E-state index contributed by atoms with van der Waals surface area (Å²) in [5.41, 5.74) is 12.5. The molecule has 1 aliphatic rings. The number of hydrogen-bond donors (Lipinski definition) is 0. The molecule has 1 nitrogen and oxygen atoms in total. The average Bonchev–Trinajstić information content (AvgIpc) is 3.83. The summed E-state index contributed by atoms with van der Waals surface area (Å²) in [6.45, 7) is 4.82. The van der Waals surface area contributed by atoms with Gasteiger partial charge < -0.3 is 0 Å². The molecule has 2 heteroatoms. The van der Waals surface area contributed by atoms with Gasteiger partial charge in [-0.25, -0.2) is 4.98 Å². The Balaban J connectivity index is 1.18. The van der Waals surface area contributed by atoms with Gasteiger partial charge in [-0.1, -0.05) is 159 Å². The van der Waals surface area contributed by atoms with E-state index in [1.807, 2.05) is 0 Å². The van der Waals surface area contributed by atoms with Gasteiger partial charge in [-0.05, 0) is 152 Å². The zero-order chi connectivity index (χ0) is 39.7. The maximum absolute atomic E-state index is 5.08. The molecule has 1 aliphatic carbocycles. The van der Waals surface area contributed by atoms with Gasteiger partial charge in [-0.2, -0.15) is 0 Å². The lowest BCUT2D eigenvalue weighted by molar-refractivity contribution is 0.661. The highest BCUT2D eigenvalue weighted by Gasteiger charge is 2.37. The molecular formula is C58H37NS. The molecule has 0 fully saturated rings. The molecule has 0 aliphatic heterocycles. The van der Waals surface area contributed by atoms with E-state index in [0.717, 1.165) is 10.5 Å². The standard InChI is InChI=1S/C58H37NS/c1-58(2)51-31-36(57-59-53-25-13-14-26-54(53)60-57)27-28-43(51)46-32-49-50(33-52(46)58)56(48-30-35-16-4-6-18-38(35)40-20-8-10-22-42(40)48)45-24-12-11-23-44(45)55(49)47-29-34-15-3-5-17-37(34)39-19-7-9-21-41(39)47/h3-33H,1-2H3. The van der Waals surface area contributed by atoms with E-state index < -0.39 is 0 Å². The highest BCUT2D eigenvalue weighted by molar-refractivity contribution is 7.21. The van der Waals surface area contributed by atoms with Crippen LogP contribution in [0.1, 0.15) is 25.0 Å². The molecule has 0 atom stereocenters. The van der Waals surface area contributed by atoms with Crippen LogP contribution in [0.3, 0.4) is 0 Å². The Morgan fingerprint density at radius 3 is 1.45 bits per heavy atom. The van der Waals surface area contributed by atoms with Gasteiger partial charge in [-0.15, -0.1) is 11.3 Å². The monoisotopic (exact) mass is 779 g/mol. The minimum Gasteiger partial charge on any atom is -0.236 e. The number of aromatic nitrogens is 1. The molecule has 0 amide bonds. The minimum atomic E-state index is -0.240.